The van der Waals surface area contributed by atoms with Gasteiger partial charge in [-0.1, -0.05) is 15.9 Å². The van der Waals surface area contributed by atoms with Crippen molar-refractivity contribution < 1.29 is 9.53 Å². The molecule has 1 aromatic rings. The Hall–Kier alpha value is -1.07. The molecule has 1 fully saturated rings. The Morgan fingerprint density at radius 3 is 3.17 bits per heavy atom. The largest absolute Gasteiger partial charge is 0.493 e. The van der Waals surface area contributed by atoms with Gasteiger partial charge in [0, 0.05) is 36.1 Å². The number of nitrogens with zero attached hydrogens (tertiary/aromatic N) is 1. The Labute approximate surface area is 114 Å². The number of hydrogen-bond donors (Lipinski definition) is 1. The van der Waals surface area contributed by atoms with Crippen molar-refractivity contribution >= 4 is 21.8 Å². The van der Waals surface area contributed by atoms with Crippen LogP contribution >= 0.6 is 15.9 Å². The monoisotopic (exact) mass is 310 g/mol. The van der Waals surface area contributed by atoms with Crippen LogP contribution in [0, 0.1) is 0 Å². The van der Waals surface area contributed by atoms with Gasteiger partial charge < -0.3 is 15.0 Å². The Morgan fingerprint density at radius 2 is 2.33 bits per heavy atom. The number of fused-ring (bicyclic) bond motifs is 1. The predicted molar refractivity (Wildman–Crippen MR) is 71.6 cm³/mol. The highest BCUT2D eigenvalue weighted by Gasteiger charge is 2.22. The second kappa shape index (κ2) is 4.90. The number of piperazine rings is 1. The second-order valence-electron chi connectivity index (χ2n) is 4.64. The van der Waals surface area contributed by atoms with E-state index in [-0.39, 0.29) is 5.91 Å². The van der Waals surface area contributed by atoms with Crippen LogP contribution in [0.4, 0.5) is 0 Å². The number of carbonyl (C=O) groups excluding carboxylic acids is 1. The van der Waals surface area contributed by atoms with Gasteiger partial charge in [-0.05, 0) is 17.7 Å². The van der Waals surface area contributed by atoms with E-state index in [4.69, 9.17) is 4.74 Å². The normalized spacial score (nSPS) is 18.7. The van der Waals surface area contributed by atoms with E-state index < -0.39 is 0 Å². The average molecular weight is 311 g/mol. The van der Waals surface area contributed by atoms with Crippen LogP contribution < -0.4 is 10.1 Å². The van der Waals surface area contributed by atoms with E-state index in [0.29, 0.717) is 13.1 Å². The molecule has 5 heteroatoms. The van der Waals surface area contributed by atoms with E-state index in [2.05, 4.69) is 33.4 Å². The summed E-state index contributed by atoms with van der Waals surface area (Å²) in [7, 11) is 0. The highest BCUT2D eigenvalue weighted by Crippen LogP contribution is 2.33. The number of halogens is 1. The highest BCUT2D eigenvalue weighted by atomic mass is 79.9. The molecule has 0 atom stereocenters. The molecule has 0 unspecified atom stereocenters. The van der Waals surface area contributed by atoms with Gasteiger partial charge >= 0.3 is 0 Å². The van der Waals surface area contributed by atoms with Crippen molar-refractivity contribution in [3.8, 4) is 5.75 Å². The quantitative estimate of drug-likeness (QED) is 0.895. The first-order valence-electron chi connectivity index (χ1n) is 6.16. The molecule has 3 rings (SSSR count). The third-order valence-corrected chi connectivity index (χ3v) is 3.83. The fourth-order valence-electron chi connectivity index (χ4n) is 2.48. The number of hydrogen-bond acceptors (Lipinski definition) is 3. The summed E-state index contributed by atoms with van der Waals surface area (Å²) in [6.07, 6.45) is 0.956. The fourth-order valence-corrected chi connectivity index (χ4v) is 3.03. The van der Waals surface area contributed by atoms with E-state index in [1.807, 2.05) is 4.90 Å². The molecule has 1 amide bonds. The van der Waals surface area contributed by atoms with Crippen LogP contribution in [-0.4, -0.2) is 37.0 Å². The van der Waals surface area contributed by atoms with Crippen LogP contribution in [0.25, 0.3) is 0 Å². The van der Waals surface area contributed by atoms with Crippen molar-refractivity contribution in [3.63, 3.8) is 0 Å². The van der Waals surface area contributed by atoms with Gasteiger partial charge in [-0.25, -0.2) is 0 Å². The lowest BCUT2D eigenvalue weighted by molar-refractivity contribution is -0.132. The van der Waals surface area contributed by atoms with Crippen molar-refractivity contribution in [2.24, 2.45) is 0 Å². The van der Waals surface area contributed by atoms with Crippen LogP contribution in [0.2, 0.25) is 0 Å². The van der Waals surface area contributed by atoms with Crippen LogP contribution in [0.3, 0.4) is 0 Å². The standard InChI is InChI=1S/C13H15BrN2O2/c14-11-5-9-1-4-18-13(9)10(6-11)8-16-3-2-15-7-12(16)17/h5-6,15H,1-4,7-8H2. The van der Waals surface area contributed by atoms with E-state index >= 15 is 0 Å². The smallest absolute Gasteiger partial charge is 0.236 e. The molecular weight excluding hydrogens is 296 g/mol. The maximum atomic E-state index is 11.8. The molecule has 0 bridgehead atoms. The Kier molecular flexibility index (Phi) is 3.26. The summed E-state index contributed by atoms with van der Waals surface area (Å²) < 4.78 is 6.75. The van der Waals surface area contributed by atoms with E-state index in [1.54, 1.807) is 0 Å². The lowest BCUT2D eigenvalue weighted by Gasteiger charge is -2.28. The molecule has 0 aromatic heterocycles. The third kappa shape index (κ3) is 2.24. The first-order chi connectivity index (χ1) is 8.74. The zero-order chi connectivity index (χ0) is 12.5. The molecule has 2 aliphatic rings. The number of amides is 1. The van der Waals surface area contributed by atoms with Gasteiger partial charge in [0.25, 0.3) is 0 Å². The zero-order valence-corrected chi connectivity index (χ0v) is 11.6. The Balaban J connectivity index is 1.86. The van der Waals surface area contributed by atoms with Crippen LogP contribution in [0.5, 0.6) is 5.75 Å². The highest BCUT2D eigenvalue weighted by molar-refractivity contribution is 9.10. The van der Waals surface area contributed by atoms with Gasteiger partial charge in [0.2, 0.25) is 5.91 Å². The van der Waals surface area contributed by atoms with Crippen LogP contribution in [0.1, 0.15) is 11.1 Å². The average Bonchev–Trinajstić information content (AvgIpc) is 2.80. The molecule has 2 heterocycles. The molecule has 4 nitrogen and oxygen atoms in total. The number of benzene rings is 1. The Morgan fingerprint density at radius 1 is 1.44 bits per heavy atom. The molecule has 1 aromatic carbocycles. The van der Waals surface area contributed by atoms with E-state index in [0.717, 1.165) is 41.9 Å². The third-order valence-electron chi connectivity index (χ3n) is 3.37. The van der Waals surface area contributed by atoms with Crippen molar-refractivity contribution in [1.82, 2.24) is 10.2 Å². The minimum absolute atomic E-state index is 0.160. The molecule has 2 aliphatic heterocycles. The van der Waals surface area contributed by atoms with Gasteiger partial charge in [0.15, 0.2) is 0 Å². The SMILES string of the molecule is O=C1CNCCN1Cc1cc(Br)cc2c1OCC2. The van der Waals surface area contributed by atoms with Gasteiger partial charge in [-0.2, -0.15) is 0 Å². The molecule has 0 saturated carbocycles. The second-order valence-corrected chi connectivity index (χ2v) is 5.56. The minimum Gasteiger partial charge on any atom is -0.493 e. The molecule has 0 aliphatic carbocycles. The van der Waals surface area contributed by atoms with Gasteiger partial charge in [-0.15, -0.1) is 0 Å². The summed E-state index contributed by atoms with van der Waals surface area (Å²) in [5.74, 6) is 1.14. The fraction of sp³-hybridized carbons (Fsp3) is 0.462. The topological polar surface area (TPSA) is 41.6 Å². The Bertz CT molecular complexity index is 490. The lowest BCUT2D eigenvalue weighted by Crippen LogP contribution is -2.47. The van der Waals surface area contributed by atoms with Crippen molar-refractivity contribution in [2.45, 2.75) is 13.0 Å². The maximum absolute atomic E-state index is 11.8. The summed E-state index contributed by atoms with van der Waals surface area (Å²) in [6, 6.07) is 4.16. The van der Waals surface area contributed by atoms with Crippen molar-refractivity contribution in [3.05, 3.63) is 27.7 Å². The molecule has 96 valence electrons. The van der Waals surface area contributed by atoms with Crippen molar-refractivity contribution in [1.29, 1.82) is 0 Å². The molecule has 1 N–H and O–H groups in total. The summed E-state index contributed by atoms with van der Waals surface area (Å²) in [6.45, 7) is 3.45. The van der Waals surface area contributed by atoms with E-state index in [1.165, 1.54) is 5.56 Å². The number of nitrogens with one attached hydrogen (secondary N) is 1. The summed E-state index contributed by atoms with van der Waals surface area (Å²) in [4.78, 5) is 13.7. The first-order valence-corrected chi connectivity index (χ1v) is 6.96. The maximum Gasteiger partial charge on any atom is 0.236 e. The minimum atomic E-state index is 0.160. The molecule has 1 saturated heterocycles. The zero-order valence-electron chi connectivity index (χ0n) is 10.0. The van der Waals surface area contributed by atoms with Gasteiger partial charge in [0.05, 0.1) is 13.2 Å². The summed E-state index contributed by atoms with van der Waals surface area (Å²) in [5, 5.41) is 3.08. The van der Waals surface area contributed by atoms with E-state index in [9.17, 15) is 4.79 Å². The summed E-state index contributed by atoms with van der Waals surface area (Å²) >= 11 is 3.52. The predicted octanol–water partition coefficient (Wildman–Crippen LogP) is 1.32. The lowest BCUT2D eigenvalue weighted by atomic mass is 10.1. The number of ether oxygens (including phenoxy) is 1. The van der Waals surface area contributed by atoms with Crippen LogP contribution in [-0.2, 0) is 17.8 Å². The van der Waals surface area contributed by atoms with Crippen LogP contribution in [0.15, 0.2) is 16.6 Å². The summed E-state index contributed by atoms with van der Waals surface area (Å²) in [5.41, 5.74) is 2.34. The van der Waals surface area contributed by atoms with Gasteiger partial charge in [0.1, 0.15) is 5.75 Å². The molecule has 0 radical (unpaired) electrons. The number of carbonyl (C=O) groups is 1. The van der Waals surface area contributed by atoms with Crippen molar-refractivity contribution in [2.75, 3.05) is 26.2 Å². The molecule has 0 spiro atoms. The van der Waals surface area contributed by atoms with Gasteiger partial charge in [-0.3, -0.25) is 4.79 Å². The molecular formula is C13H15BrN2O2. The first kappa shape index (κ1) is 12.0. The number of rotatable bonds is 2. The molecule has 18 heavy (non-hydrogen) atoms.